The molecule has 0 aliphatic carbocycles. The molecule has 100 valence electrons. The standard InChI is InChI=1S/C15H22ClNO/c1-4-6-7-12(5-2)15(18)17-13-9-8-11(3)14(16)10-13/h8-10,12H,4-7H2,1-3H3,(H,17,18)/t12-/m1/s1. The number of carbonyl (C=O) groups excluding carboxylic acids is 1. The second-order valence-electron chi connectivity index (χ2n) is 4.70. The van der Waals surface area contributed by atoms with Crippen molar-refractivity contribution in [1.82, 2.24) is 0 Å². The van der Waals surface area contributed by atoms with Gasteiger partial charge in [0.25, 0.3) is 0 Å². The first kappa shape index (κ1) is 15.0. The summed E-state index contributed by atoms with van der Waals surface area (Å²) < 4.78 is 0. The molecular weight excluding hydrogens is 246 g/mol. The Morgan fingerprint density at radius 1 is 1.39 bits per heavy atom. The van der Waals surface area contributed by atoms with E-state index in [9.17, 15) is 4.79 Å². The third-order valence-corrected chi connectivity index (χ3v) is 3.62. The van der Waals surface area contributed by atoms with Crippen LogP contribution < -0.4 is 5.32 Å². The highest BCUT2D eigenvalue weighted by Gasteiger charge is 2.15. The molecular formula is C15H22ClNO. The Bertz CT molecular complexity index is 403. The second-order valence-corrected chi connectivity index (χ2v) is 5.11. The number of hydrogen-bond donors (Lipinski definition) is 1. The topological polar surface area (TPSA) is 29.1 Å². The first-order valence-electron chi connectivity index (χ1n) is 6.65. The van der Waals surface area contributed by atoms with Crippen LogP contribution in [0.3, 0.4) is 0 Å². The van der Waals surface area contributed by atoms with Crippen LogP contribution in [0.1, 0.15) is 45.1 Å². The smallest absolute Gasteiger partial charge is 0.227 e. The molecule has 0 saturated carbocycles. The molecule has 0 unspecified atom stereocenters. The van der Waals surface area contributed by atoms with Crippen LogP contribution >= 0.6 is 11.6 Å². The van der Waals surface area contributed by atoms with Crippen molar-refractivity contribution in [2.24, 2.45) is 5.92 Å². The van der Waals surface area contributed by atoms with Crippen molar-refractivity contribution in [2.45, 2.75) is 46.5 Å². The zero-order valence-electron chi connectivity index (χ0n) is 11.4. The summed E-state index contributed by atoms with van der Waals surface area (Å²) in [5.74, 6) is 0.205. The van der Waals surface area contributed by atoms with E-state index in [1.807, 2.05) is 19.1 Å². The first-order valence-corrected chi connectivity index (χ1v) is 7.03. The van der Waals surface area contributed by atoms with E-state index >= 15 is 0 Å². The summed E-state index contributed by atoms with van der Waals surface area (Å²) in [6.45, 7) is 6.15. The van der Waals surface area contributed by atoms with Gasteiger partial charge in [0.1, 0.15) is 0 Å². The normalized spacial score (nSPS) is 12.2. The minimum atomic E-state index is 0.102. The summed E-state index contributed by atoms with van der Waals surface area (Å²) in [7, 11) is 0. The average molecular weight is 268 g/mol. The number of halogens is 1. The van der Waals surface area contributed by atoms with E-state index < -0.39 is 0 Å². The second kappa shape index (κ2) is 7.42. The van der Waals surface area contributed by atoms with Gasteiger partial charge in [-0.2, -0.15) is 0 Å². The average Bonchev–Trinajstić information content (AvgIpc) is 2.35. The van der Waals surface area contributed by atoms with Gasteiger partial charge in [0.15, 0.2) is 0 Å². The molecule has 0 aliphatic rings. The lowest BCUT2D eigenvalue weighted by molar-refractivity contribution is -0.120. The SMILES string of the molecule is CCCC[C@@H](CC)C(=O)Nc1ccc(C)c(Cl)c1. The monoisotopic (exact) mass is 267 g/mol. The number of rotatable bonds is 6. The Kier molecular flexibility index (Phi) is 6.20. The molecule has 1 aromatic carbocycles. The summed E-state index contributed by atoms with van der Waals surface area (Å²) in [6.07, 6.45) is 4.06. The molecule has 2 nitrogen and oxygen atoms in total. The molecule has 0 radical (unpaired) electrons. The number of nitrogens with one attached hydrogen (secondary N) is 1. The molecule has 3 heteroatoms. The quantitative estimate of drug-likeness (QED) is 0.788. The Hall–Kier alpha value is -1.02. The van der Waals surface area contributed by atoms with Crippen molar-refractivity contribution < 1.29 is 4.79 Å². The highest BCUT2D eigenvalue weighted by molar-refractivity contribution is 6.31. The van der Waals surface area contributed by atoms with Crippen LogP contribution in [0.2, 0.25) is 5.02 Å². The molecule has 0 spiro atoms. The number of unbranched alkanes of at least 4 members (excludes halogenated alkanes) is 1. The molecule has 1 amide bonds. The van der Waals surface area contributed by atoms with E-state index in [2.05, 4.69) is 19.2 Å². The third kappa shape index (κ3) is 4.34. The van der Waals surface area contributed by atoms with Crippen molar-refractivity contribution in [2.75, 3.05) is 5.32 Å². The van der Waals surface area contributed by atoms with Crippen molar-refractivity contribution in [3.63, 3.8) is 0 Å². The van der Waals surface area contributed by atoms with Crippen LogP contribution in [0.4, 0.5) is 5.69 Å². The molecule has 0 aliphatic heterocycles. The molecule has 1 aromatic rings. The van der Waals surface area contributed by atoms with Gasteiger partial charge in [-0.1, -0.05) is 44.4 Å². The Labute approximate surface area is 115 Å². The molecule has 1 rings (SSSR count). The molecule has 0 aromatic heterocycles. The third-order valence-electron chi connectivity index (χ3n) is 3.21. The number of hydrogen-bond acceptors (Lipinski definition) is 1. The van der Waals surface area contributed by atoms with E-state index in [0.29, 0.717) is 5.02 Å². The van der Waals surface area contributed by atoms with E-state index in [1.165, 1.54) is 0 Å². The maximum atomic E-state index is 12.1. The fourth-order valence-corrected chi connectivity index (χ4v) is 2.07. The fraction of sp³-hybridized carbons (Fsp3) is 0.533. The van der Waals surface area contributed by atoms with Gasteiger partial charge < -0.3 is 5.32 Å². The Morgan fingerprint density at radius 3 is 2.67 bits per heavy atom. The molecule has 0 fully saturated rings. The Morgan fingerprint density at radius 2 is 2.11 bits per heavy atom. The van der Waals surface area contributed by atoms with Gasteiger partial charge in [-0.15, -0.1) is 0 Å². The fourth-order valence-electron chi connectivity index (χ4n) is 1.89. The number of anilines is 1. The van der Waals surface area contributed by atoms with Crippen molar-refractivity contribution >= 4 is 23.2 Å². The predicted molar refractivity (Wildman–Crippen MR) is 78.1 cm³/mol. The highest BCUT2D eigenvalue weighted by Crippen LogP contribution is 2.21. The van der Waals surface area contributed by atoms with Crippen LogP contribution in [0, 0.1) is 12.8 Å². The van der Waals surface area contributed by atoms with Gasteiger partial charge in [-0.05, 0) is 37.5 Å². The van der Waals surface area contributed by atoms with E-state index in [1.54, 1.807) is 6.07 Å². The lowest BCUT2D eigenvalue weighted by Gasteiger charge is -2.15. The van der Waals surface area contributed by atoms with Crippen LogP contribution in [0.5, 0.6) is 0 Å². The maximum Gasteiger partial charge on any atom is 0.227 e. The summed E-state index contributed by atoms with van der Waals surface area (Å²) in [5, 5.41) is 3.64. The molecule has 0 bridgehead atoms. The number of carbonyl (C=O) groups is 1. The number of benzene rings is 1. The minimum Gasteiger partial charge on any atom is -0.326 e. The van der Waals surface area contributed by atoms with Crippen LogP contribution in [0.15, 0.2) is 18.2 Å². The van der Waals surface area contributed by atoms with Crippen LogP contribution in [-0.2, 0) is 4.79 Å². The maximum absolute atomic E-state index is 12.1. The van der Waals surface area contributed by atoms with Gasteiger partial charge in [-0.25, -0.2) is 0 Å². The largest absolute Gasteiger partial charge is 0.326 e. The summed E-state index contributed by atoms with van der Waals surface area (Å²) in [6, 6.07) is 5.62. The first-order chi connectivity index (χ1) is 8.58. The lowest BCUT2D eigenvalue weighted by atomic mass is 9.98. The lowest BCUT2D eigenvalue weighted by Crippen LogP contribution is -2.22. The minimum absolute atomic E-state index is 0.102. The molecule has 1 N–H and O–H groups in total. The van der Waals surface area contributed by atoms with E-state index in [-0.39, 0.29) is 11.8 Å². The summed E-state index contributed by atoms with van der Waals surface area (Å²) in [4.78, 5) is 12.1. The van der Waals surface area contributed by atoms with Crippen molar-refractivity contribution in [3.05, 3.63) is 28.8 Å². The molecule has 0 saturated heterocycles. The zero-order chi connectivity index (χ0) is 13.5. The summed E-state index contributed by atoms with van der Waals surface area (Å²) >= 11 is 6.04. The van der Waals surface area contributed by atoms with Gasteiger partial charge in [0, 0.05) is 16.6 Å². The zero-order valence-corrected chi connectivity index (χ0v) is 12.2. The van der Waals surface area contributed by atoms with Crippen molar-refractivity contribution in [1.29, 1.82) is 0 Å². The van der Waals surface area contributed by atoms with Gasteiger partial charge >= 0.3 is 0 Å². The Balaban J connectivity index is 2.64. The number of aryl methyl sites for hydroxylation is 1. The highest BCUT2D eigenvalue weighted by atomic mass is 35.5. The van der Waals surface area contributed by atoms with Gasteiger partial charge in [-0.3, -0.25) is 4.79 Å². The van der Waals surface area contributed by atoms with E-state index in [0.717, 1.165) is 36.9 Å². The van der Waals surface area contributed by atoms with Crippen LogP contribution in [-0.4, -0.2) is 5.91 Å². The van der Waals surface area contributed by atoms with Crippen LogP contribution in [0.25, 0.3) is 0 Å². The predicted octanol–water partition coefficient (Wildman–Crippen LogP) is 4.80. The van der Waals surface area contributed by atoms with Crippen molar-refractivity contribution in [3.8, 4) is 0 Å². The van der Waals surface area contributed by atoms with E-state index in [4.69, 9.17) is 11.6 Å². The molecule has 18 heavy (non-hydrogen) atoms. The van der Waals surface area contributed by atoms with Gasteiger partial charge in [0.2, 0.25) is 5.91 Å². The summed E-state index contributed by atoms with van der Waals surface area (Å²) in [5.41, 5.74) is 1.80. The molecule has 1 atom stereocenters. The van der Waals surface area contributed by atoms with Gasteiger partial charge in [0.05, 0.1) is 0 Å². The molecule has 0 heterocycles. The number of amides is 1.